The lowest BCUT2D eigenvalue weighted by Crippen LogP contribution is -2.51. The van der Waals surface area contributed by atoms with Crippen molar-refractivity contribution >= 4 is 23.7 Å². The summed E-state index contributed by atoms with van der Waals surface area (Å²) in [7, 11) is 0. The van der Waals surface area contributed by atoms with Gasteiger partial charge in [0, 0.05) is 30.8 Å². The Morgan fingerprint density at radius 2 is 1.65 bits per heavy atom. The number of benzene rings is 2. The molecule has 1 aliphatic rings. The summed E-state index contributed by atoms with van der Waals surface area (Å²) >= 11 is 0. The summed E-state index contributed by atoms with van der Waals surface area (Å²) in [6, 6.07) is 16.1. The van der Waals surface area contributed by atoms with Crippen molar-refractivity contribution in [2.75, 3.05) is 26.2 Å². The Morgan fingerprint density at radius 1 is 1.00 bits per heavy atom. The molecule has 0 radical (unpaired) electrons. The van der Waals surface area contributed by atoms with Crippen molar-refractivity contribution < 1.29 is 29.0 Å². The molecule has 0 saturated carbocycles. The summed E-state index contributed by atoms with van der Waals surface area (Å²) in [5.74, 6) is -1.93. The smallest absolute Gasteiger partial charge is 0.329 e. The molecule has 37 heavy (non-hydrogen) atoms. The van der Waals surface area contributed by atoms with Gasteiger partial charge in [0.05, 0.1) is 17.7 Å². The number of rotatable bonds is 11. The van der Waals surface area contributed by atoms with E-state index in [2.05, 4.69) is 10.6 Å². The molecule has 1 aliphatic heterocycles. The van der Waals surface area contributed by atoms with Crippen LogP contribution in [-0.4, -0.2) is 72.1 Å². The minimum absolute atomic E-state index is 0.214. The van der Waals surface area contributed by atoms with Gasteiger partial charge in [-0.3, -0.25) is 14.4 Å². The van der Waals surface area contributed by atoms with Crippen molar-refractivity contribution in [2.24, 2.45) is 0 Å². The van der Waals surface area contributed by atoms with Crippen LogP contribution in [0.4, 0.5) is 0 Å². The van der Waals surface area contributed by atoms with E-state index >= 15 is 0 Å². The van der Waals surface area contributed by atoms with Gasteiger partial charge in [-0.1, -0.05) is 18.2 Å². The molecule has 10 heteroatoms. The SMILES string of the molecule is N#Cc1ccc(C(=O)NC(CCCNC(=O)c2ccccc2)C(=O)N2CCC(OCC(=O)O)CC2)cc1. The van der Waals surface area contributed by atoms with Crippen LogP contribution in [0.5, 0.6) is 0 Å². The Kier molecular flexibility index (Phi) is 10.2. The molecule has 3 N–H and O–H groups in total. The van der Waals surface area contributed by atoms with Gasteiger partial charge in [-0.15, -0.1) is 0 Å². The first-order chi connectivity index (χ1) is 17.9. The number of carbonyl (C=O) groups is 4. The van der Waals surface area contributed by atoms with Gasteiger partial charge in [-0.25, -0.2) is 4.79 Å². The first-order valence-corrected chi connectivity index (χ1v) is 12.1. The molecule has 2 aromatic carbocycles. The van der Waals surface area contributed by atoms with E-state index < -0.39 is 17.9 Å². The second-order valence-corrected chi connectivity index (χ2v) is 8.71. The van der Waals surface area contributed by atoms with Gasteiger partial charge in [0.2, 0.25) is 5.91 Å². The number of amides is 3. The van der Waals surface area contributed by atoms with Crippen molar-refractivity contribution in [2.45, 2.75) is 37.8 Å². The molecule has 10 nitrogen and oxygen atoms in total. The van der Waals surface area contributed by atoms with Gasteiger partial charge < -0.3 is 25.4 Å². The summed E-state index contributed by atoms with van der Waals surface area (Å²) in [6.07, 6.45) is 1.54. The summed E-state index contributed by atoms with van der Waals surface area (Å²) in [5, 5.41) is 23.4. The summed E-state index contributed by atoms with van der Waals surface area (Å²) in [5.41, 5.74) is 1.29. The number of hydrogen-bond donors (Lipinski definition) is 3. The highest BCUT2D eigenvalue weighted by atomic mass is 16.5. The summed E-state index contributed by atoms with van der Waals surface area (Å²) in [4.78, 5) is 50.9. The lowest BCUT2D eigenvalue weighted by Gasteiger charge is -2.34. The first kappa shape index (κ1) is 27.4. The third-order valence-corrected chi connectivity index (χ3v) is 6.07. The molecule has 3 amide bonds. The van der Waals surface area contributed by atoms with Crippen LogP contribution in [0.25, 0.3) is 0 Å². The highest BCUT2D eigenvalue weighted by Crippen LogP contribution is 2.16. The van der Waals surface area contributed by atoms with Gasteiger partial charge in [0.25, 0.3) is 11.8 Å². The predicted octanol–water partition coefficient (Wildman–Crippen LogP) is 1.96. The molecule has 1 heterocycles. The van der Waals surface area contributed by atoms with Crippen LogP contribution in [-0.2, 0) is 14.3 Å². The number of carboxylic acid groups (broad SMARTS) is 1. The van der Waals surface area contributed by atoms with E-state index in [1.54, 1.807) is 29.2 Å². The Bertz CT molecular complexity index is 1120. The van der Waals surface area contributed by atoms with Crippen LogP contribution in [0, 0.1) is 11.3 Å². The Morgan fingerprint density at radius 3 is 2.27 bits per heavy atom. The normalized spacial score (nSPS) is 14.3. The molecule has 0 bridgehead atoms. The standard InChI is InChI=1S/C27H30N4O6/c28-17-19-8-10-21(11-9-19)26(35)30-23(7-4-14-29-25(34)20-5-2-1-3-6-20)27(36)31-15-12-22(13-16-31)37-18-24(32)33/h1-3,5-6,8-11,22-23H,4,7,12-16,18H2,(H,29,34)(H,30,35)(H,32,33). The molecule has 0 aliphatic carbocycles. The third-order valence-electron chi connectivity index (χ3n) is 6.07. The van der Waals surface area contributed by atoms with Crippen molar-refractivity contribution in [3.05, 3.63) is 71.3 Å². The minimum atomic E-state index is -1.04. The molecule has 1 saturated heterocycles. The van der Waals surface area contributed by atoms with E-state index in [-0.39, 0.29) is 24.5 Å². The molecule has 2 aromatic rings. The maximum atomic E-state index is 13.3. The largest absolute Gasteiger partial charge is 0.480 e. The van der Waals surface area contributed by atoms with Gasteiger partial charge in [-0.05, 0) is 62.1 Å². The lowest BCUT2D eigenvalue weighted by molar-refractivity contribution is -0.147. The van der Waals surface area contributed by atoms with Crippen molar-refractivity contribution in [1.29, 1.82) is 5.26 Å². The monoisotopic (exact) mass is 506 g/mol. The molecule has 0 aromatic heterocycles. The number of hydrogen-bond acceptors (Lipinski definition) is 6. The summed E-state index contributed by atoms with van der Waals surface area (Å²) in [6.45, 7) is 0.722. The zero-order chi connectivity index (χ0) is 26.6. The van der Waals surface area contributed by atoms with E-state index in [4.69, 9.17) is 15.1 Å². The molecule has 1 unspecified atom stereocenters. The van der Waals surface area contributed by atoms with Crippen LogP contribution >= 0.6 is 0 Å². The number of likely N-dealkylation sites (tertiary alicyclic amines) is 1. The molecule has 194 valence electrons. The third kappa shape index (κ3) is 8.44. The maximum Gasteiger partial charge on any atom is 0.329 e. The van der Waals surface area contributed by atoms with E-state index in [1.165, 1.54) is 24.3 Å². The Hall–Kier alpha value is -4.23. The molecule has 0 spiro atoms. The van der Waals surface area contributed by atoms with Gasteiger partial charge >= 0.3 is 5.97 Å². The maximum absolute atomic E-state index is 13.3. The highest BCUT2D eigenvalue weighted by Gasteiger charge is 2.30. The van der Waals surface area contributed by atoms with Crippen LogP contribution in [0.2, 0.25) is 0 Å². The predicted molar refractivity (Wildman–Crippen MR) is 134 cm³/mol. The number of carboxylic acids is 1. The number of nitrogens with one attached hydrogen (secondary N) is 2. The highest BCUT2D eigenvalue weighted by molar-refractivity contribution is 5.97. The second-order valence-electron chi connectivity index (χ2n) is 8.71. The fourth-order valence-corrected chi connectivity index (χ4v) is 4.05. The topological polar surface area (TPSA) is 149 Å². The zero-order valence-corrected chi connectivity index (χ0v) is 20.4. The quantitative estimate of drug-likeness (QED) is 0.395. The number of nitrogens with zero attached hydrogens (tertiary/aromatic N) is 2. The Labute approximate surface area is 215 Å². The van der Waals surface area contributed by atoms with Gasteiger partial charge in [0.1, 0.15) is 12.6 Å². The number of nitriles is 1. The zero-order valence-electron chi connectivity index (χ0n) is 20.4. The Balaban J connectivity index is 1.59. The van der Waals surface area contributed by atoms with E-state index in [0.717, 1.165) is 0 Å². The van der Waals surface area contributed by atoms with Crippen LogP contribution < -0.4 is 10.6 Å². The summed E-state index contributed by atoms with van der Waals surface area (Å²) < 4.78 is 5.34. The fraction of sp³-hybridized carbons (Fsp3) is 0.370. The lowest BCUT2D eigenvalue weighted by atomic mass is 10.0. The average molecular weight is 507 g/mol. The number of aliphatic carboxylic acids is 1. The van der Waals surface area contributed by atoms with Crippen LogP contribution in [0.15, 0.2) is 54.6 Å². The van der Waals surface area contributed by atoms with Crippen LogP contribution in [0.3, 0.4) is 0 Å². The number of piperidine rings is 1. The molecule has 1 fully saturated rings. The average Bonchev–Trinajstić information content (AvgIpc) is 2.93. The first-order valence-electron chi connectivity index (χ1n) is 12.1. The van der Waals surface area contributed by atoms with Gasteiger partial charge in [-0.2, -0.15) is 5.26 Å². The fourth-order valence-electron chi connectivity index (χ4n) is 4.05. The molecule has 3 rings (SSSR count). The second kappa shape index (κ2) is 13.8. The van der Waals surface area contributed by atoms with Crippen LogP contribution in [0.1, 0.15) is 52.0 Å². The van der Waals surface area contributed by atoms with E-state index in [1.807, 2.05) is 12.1 Å². The number of ether oxygens (including phenoxy) is 1. The molecular formula is C27H30N4O6. The molecular weight excluding hydrogens is 476 g/mol. The van der Waals surface area contributed by atoms with Crippen molar-refractivity contribution in [3.8, 4) is 6.07 Å². The minimum Gasteiger partial charge on any atom is -0.480 e. The van der Waals surface area contributed by atoms with Crippen molar-refractivity contribution in [1.82, 2.24) is 15.5 Å². The van der Waals surface area contributed by atoms with E-state index in [0.29, 0.717) is 62.0 Å². The van der Waals surface area contributed by atoms with E-state index in [9.17, 15) is 19.2 Å². The number of carbonyl (C=O) groups excluding carboxylic acids is 3. The molecule has 1 atom stereocenters. The van der Waals surface area contributed by atoms with Gasteiger partial charge in [0.15, 0.2) is 0 Å². The van der Waals surface area contributed by atoms with Crippen molar-refractivity contribution in [3.63, 3.8) is 0 Å².